The van der Waals surface area contributed by atoms with Gasteiger partial charge < -0.3 is 24.1 Å². The van der Waals surface area contributed by atoms with Crippen LogP contribution in [0.3, 0.4) is 0 Å². The molecule has 3 fully saturated rings. The summed E-state index contributed by atoms with van der Waals surface area (Å²) in [4.78, 5) is 14.8. The summed E-state index contributed by atoms with van der Waals surface area (Å²) >= 11 is 1.45. The molecule has 170 valence electrons. The van der Waals surface area contributed by atoms with Gasteiger partial charge in [-0.05, 0) is 18.6 Å². The van der Waals surface area contributed by atoms with E-state index < -0.39 is 12.1 Å². The number of pyridine rings is 1. The lowest BCUT2D eigenvalue weighted by Gasteiger charge is -2.47. The summed E-state index contributed by atoms with van der Waals surface area (Å²) in [6.45, 7) is 1.53. The van der Waals surface area contributed by atoms with Crippen molar-refractivity contribution in [3.05, 3.63) is 42.2 Å². The minimum atomic E-state index is -4.88. The van der Waals surface area contributed by atoms with E-state index in [4.69, 9.17) is 9.15 Å². The van der Waals surface area contributed by atoms with Crippen molar-refractivity contribution in [1.29, 1.82) is 0 Å². The zero-order chi connectivity index (χ0) is 22.6. The van der Waals surface area contributed by atoms with Crippen LogP contribution in [0.1, 0.15) is 6.42 Å². The Morgan fingerprint density at radius 1 is 1.09 bits per heavy atom. The molecule has 0 aliphatic carbocycles. The summed E-state index contributed by atoms with van der Waals surface area (Å²) in [5.74, 6) is -0.453. The van der Waals surface area contributed by atoms with Crippen molar-refractivity contribution >= 4 is 28.5 Å². The molecule has 0 radical (unpaired) electrons. The molecule has 2 atom stereocenters. The Bertz CT molecular complexity index is 1290. The molecule has 2 bridgehead atoms. The summed E-state index contributed by atoms with van der Waals surface area (Å²) in [5.41, 5.74) is 1.57. The van der Waals surface area contributed by atoms with E-state index in [1.54, 1.807) is 18.3 Å². The zero-order valence-corrected chi connectivity index (χ0v) is 17.7. The molecule has 3 aliphatic heterocycles. The Kier molecular flexibility index (Phi) is 4.66. The van der Waals surface area contributed by atoms with E-state index in [9.17, 15) is 13.2 Å². The molecule has 0 saturated carbocycles. The average molecular weight is 475 g/mol. The van der Waals surface area contributed by atoms with Crippen LogP contribution in [-0.4, -0.2) is 46.5 Å². The molecule has 6 heterocycles. The molecule has 8 nitrogen and oxygen atoms in total. The van der Waals surface area contributed by atoms with Crippen LogP contribution in [0.25, 0.3) is 21.7 Å². The van der Waals surface area contributed by atoms with Crippen molar-refractivity contribution in [2.45, 2.75) is 24.9 Å². The fraction of sp³-hybridized carbons (Fsp3) is 0.286. The molecule has 2 unspecified atom stereocenters. The fourth-order valence-corrected chi connectivity index (χ4v) is 4.82. The number of nitrogens with one attached hydrogen (secondary N) is 1. The number of rotatable bonds is 5. The molecule has 1 N–H and O–H groups in total. The standard InChI is InChI=1S/C21H16F3N5O3S/c22-21(23,24)32-16-8-25-4-3-14(16)30-15-2-1-13(19-26-5-6-33-19)18-17(15)28-20(31-18)29-9-11-7-12(10-29)27-11/h1-6,8,11-12,27H,7,9-10H2. The second-order valence-corrected chi connectivity index (χ2v) is 8.69. The first-order valence-electron chi connectivity index (χ1n) is 10.1. The van der Waals surface area contributed by atoms with Crippen molar-refractivity contribution in [2.24, 2.45) is 0 Å². The van der Waals surface area contributed by atoms with Gasteiger partial charge in [0.15, 0.2) is 28.3 Å². The van der Waals surface area contributed by atoms with Gasteiger partial charge in [0, 0.05) is 49.0 Å². The van der Waals surface area contributed by atoms with Crippen molar-refractivity contribution in [2.75, 3.05) is 18.0 Å². The van der Waals surface area contributed by atoms with E-state index in [1.165, 1.54) is 23.6 Å². The molecule has 7 rings (SSSR count). The van der Waals surface area contributed by atoms with Gasteiger partial charge in [0.2, 0.25) is 0 Å². The van der Waals surface area contributed by atoms with Crippen LogP contribution < -0.4 is 19.7 Å². The number of halogens is 3. The number of anilines is 1. The van der Waals surface area contributed by atoms with Gasteiger partial charge in [0.05, 0.1) is 11.8 Å². The molecule has 33 heavy (non-hydrogen) atoms. The van der Waals surface area contributed by atoms with Crippen LogP contribution in [0.4, 0.5) is 19.2 Å². The van der Waals surface area contributed by atoms with Crippen molar-refractivity contribution < 1.29 is 27.1 Å². The Morgan fingerprint density at radius 3 is 2.64 bits per heavy atom. The third-order valence-electron chi connectivity index (χ3n) is 5.54. The third kappa shape index (κ3) is 3.85. The van der Waals surface area contributed by atoms with Gasteiger partial charge in [-0.1, -0.05) is 0 Å². The number of oxazole rings is 1. The molecule has 1 aromatic carbocycles. The number of aromatic nitrogens is 3. The lowest BCUT2D eigenvalue weighted by atomic mass is 9.92. The van der Waals surface area contributed by atoms with E-state index in [1.807, 2.05) is 5.38 Å². The highest BCUT2D eigenvalue weighted by molar-refractivity contribution is 7.13. The van der Waals surface area contributed by atoms with Crippen LogP contribution >= 0.6 is 11.3 Å². The molecule has 3 aliphatic rings. The van der Waals surface area contributed by atoms with Crippen LogP contribution in [0.15, 0.2) is 46.6 Å². The molecule has 3 aromatic heterocycles. The predicted molar refractivity (Wildman–Crippen MR) is 114 cm³/mol. The van der Waals surface area contributed by atoms with Crippen molar-refractivity contribution in [1.82, 2.24) is 20.3 Å². The second kappa shape index (κ2) is 7.59. The number of hydrogen-bond donors (Lipinski definition) is 1. The smallest absolute Gasteiger partial charge is 0.451 e. The average Bonchev–Trinajstić information content (AvgIpc) is 3.44. The maximum atomic E-state index is 12.8. The topological polar surface area (TPSA) is 85.5 Å². The van der Waals surface area contributed by atoms with E-state index in [0.717, 1.165) is 36.3 Å². The zero-order valence-electron chi connectivity index (χ0n) is 16.9. The Hall–Kier alpha value is -3.38. The van der Waals surface area contributed by atoms with E-state index in [-0.39, 0.29) is 11.5 Å². The minimum Gasteiger partial charge on any atom is -0.451 e. The van der Waals surface area contributed by atoms with Gasteiger partial charge in [-0.25, -0.2) is 4.98 Å². The lowest BCUT2D eigenvalue weighted by molar-refractivity contribution is -0.275. The highest BCUT2D eigenvalue weighted by Gasteiger charge is 2.38. The Balaban J connectivity index is 1.42. The fourth-order valence-electron chi connectivity index (χ4n) is 4.16. The van der Waals surface area contributed by atoms with E-state index in [0.29, 0.717) is 29.2 Å². The number of thiazole rings is 1. The maximum Gasteiger partial charge on any atom is 0.573 e. The number of piperazine rings is 1. The van der Waals surface area contributed by atoms with Gasteiger partial charge >= 0.3 is 6.36 Å². The highest BCUT2D eigenvalue weighted by atomic mass is 32.1. The van der Waals surface area contributed by atoms with E-state index >= 15 is 0 Å². The molecule has 0 amide bonds. The first-order chi connectivity index (χ1) is 15.9. The van der Waals surface area contributed by atoms with Crippen LogP contribution in [0.2, 0.25) is 0 Å². The SMILES string of the molecule is FC(F)(F)Oc1cnccc1Oc1ccc(-c2nccs2)c2oc(N3CC4CC(C3)N4)nc12. The molecule has 3 saturated heterocycles. The van der Waals surface area contributed by atoms with Crippen LogP contribution in [0.5, 0.6) is 17.2 Å². The van der Waals surface area contributed by atoms with Crippen molar-refractivity contribution in [3.8, 4) is 27.8 Å². The summed E-state index contributed by atoms with van der Waals surface area (Å²) in [5, 5.41) is 6.05. The Labute approximate surface area is 189 Å². The third-order valence-corrected chi connectivity index (χ3v) is 6.35. The summed E-state index contributed by atoms with van der Waals surface area (Å²) in [7, 11) is 0. The first kappa shape index (κ1) is 20.2. The quantitative estimate of drug-likeness (QED) is 0.449. The second-order valence-electron chi connectivity index (χ2n) is 7.80. The Morgan fingerprint density at radius 2 is 1.91 bits per heavy atom. The van der Waals surface area contributed by atoms with Gasteiger partial charge in [-0.2, -0.15) is 4.98 Å². The number of piperidine rings is 1. The number of fused-ring (bicyclic) bond motifs is 3. The van der Waals surface area contributed by atoms with Crippen LogP contribution in [-0.2, 0) is 0 Å². The van der Waals surface area contributed by atoms with Gasteiger partial charge in [0.25, 0.3) is 6.01 Å². The number of benzene rings is 1. The summed E-state index contributed by atoms with van der Waals surface area (Å²) < 4.78 is 54.5. The van der Waals surface area contributed by atoms with Crippen molar-refractivity contribution in [3.63, 3.8) is 0 Å². The number of ether oxygens (including phenoxy) is 2. The molecule has 12 heteroatoms. The van der Waals surface area contributed by atoms with Gasteiger partial charge in [0.1, 0.15) is 5.01 Å². The van der Waals surface area contributed by atoms with Gasteiger partial charge in [-0.15, -0.1) is 24.5 Å². The number of hydrogen-bond acceptors (Lipinski definition) is 9. The molecular weight excluding hydrogens is 459 g/mol. The molecule has 0 spiro atoms. The molecule has 4 aromatic rings. The van der Waals surface area contributed by atoms with Gasteiger partial charge in [-0.3, -0.25) is 4.98 Å². The number of nitrogens with zero attached hydrogens (tertiary/aromatic N) is 4. The largest absolute Gasteiger partial charge is 0.573 e. The highest BCUT2D eigenvalue weighted by Crippen LogP contribution is 2.42. The monoisotopic (exact) mass is 475 g/mol. The predicted octanol–water partition coefficient (Wildman–Crippen LogP) is 4.59. The number of alkyl halides is 3. The summed E-state index contributed by atoms with van der Waals surface area (Å²) in [6, 6.07) is 5.92. The summed E-state index contributed by atoms with van der Waals surface area (Å²) in [6.07, 6.45) is 0.204. The normalized spacial score (nSPS) is 20.0. The van der Waals surface area contributed by atoms with E-state index in [2.05, 4.69) is 29.9 Å². The van der Waals surface area contributed by atoms with Crippen LogP contribution in [0, 0.1) is 0 Å². The lowest BCUT2D eigenvalue weighted by Crippen LogP contribution is -2.67. The first-order valence-corrected chi connectivity index (χ1v) is 11.0. The molecular formula is C21H16F3N5O3S. The maximum absolute atomic E-state index is 12.8. The minimum absolute atomic E-state index is 0.140.